The number of rotatable bonds is 5. The van der Waals surface area contributed by atoms with E-state index in [-0.39, 0.29) is 0 Å². The first-order valence-electron chi connectivity index (χ1n) is 6.76. The number of hydrogen-bond acceptors (Lipinski definition) is 4. The van der Waals surface area contributed by atoms with E-state index in [0.717, 1.165) is 16.9 Å². The summed E-state index contributed by atoms with van der Waals surface area (Å²) in [5, 5.41) is 0. The third kappa shape index (κ3) is 3.67. The molecule has 114 valence electrons. The second kappa shape index (κ2) is 7.31. The van der Waals surface area contributed by atoms with Gasteiger partial charge in [0.25, 0.3) is 0 Å². The van der Waals surface area contributed by atoms with Gasteiger partial charge in [0.05, 0.1) is 26.9 Å². The first-order valence-corrected chi connectivity index (χ1v) is 6.76. The Morgan fingerprint density at radius 1 is 0.909 bits per heavy atom. The van der Waals surface area contributed by atoms with Crippen LogP contribution in [0.5, 0.6) is 11.5 Å². The molecule has 4 heteroatoms. The van der Waals surface area contributed by atoms with E-state index in [2.05, 4.69) is 0 Å². The van der Waals surface area contributed by atoms with Gasteiger partial charge in [-0.15, -0.1) is 0 Å². The molecule has 0 unspecified atom stereocenters. The van der Waals surface area contributed by atoms with Crippen molar-refractivity contribution in [3.05, 3.63) is 59.7 Å². The quantitative estimate of drug-likeness (QED) is 0.482. The van der Waals surface area contributed by atoms with Crippen molar-refractivity contribution in [3.8, 4) is 11.5 Å². The highest BCUT2D eigenvalue weighted by Gasteiger charge is 2.13. The van der Waals surface area contributed by atoms with Crippen molar-refractivity contribution in [3.63, 3.8) is 0 Å². The fourth-order valence-corrected chi connectivity index (χ4v) is 2.06. The number of ether oxygens (including phenoxy) is 3. The lowest BCUT2D eigenvalue weighted by Gasteiger charge is -2.08. The number of carbonyl (C=O) groups excluding carboxylic acids is 1. The van der Waals surface area contributed by atoms with Crippen LogP contribution in [0.3, 0.4) is 0 Å². The highest BCUT2D eigenvalue weighted by atomic mass is 16.5. The van der Waals surface area contributed by atoms with Gasteiger partial charge in [-0.3, -0.25) is 0 Å². The van der Waals surface area contributed by atoms with E-state index in [9.17, 15) is 4.79 Å². The molecule has 0 fully saturated rings. The summed E-state index contributed by atoms with van der Waals surface area (Å²) < 4.78 is 15.3. The molecule has 0 bridgehead atoms. The Bertz CT molecular complexity index is 689. The minimum absolute atomic E-state index is 0.406. The highest BCUT2D eigenvalue weighted by Crippen LogP contribution is 2.24. The number of carbonyl (C=O) groups is 1. The molecule has 0 aliphatic rings. The molecule has 0 heterocycles. The smallest absolute Gasteiger partial charge is 0.338 e. The predicted molar refractivity (Wildman–Crippen MR) is 85.9 cm³/mol. The Kier molecular flexibility index (Phi) is 5.20. The molecule has 4 nitrogen and oxygen atoms in total. The van der Waals surface area contributed by atoms with Crippen molar-refractivity contribution in [2.45, 2.75) is 0 Å². The summed E-state index contributed by atoms with van der Waals surface area (Å²) in [6.45, 7) is 0. The average Bonchev–Trinajstić information content (AvgIpc) is 2.59. The Hall–Kier alpha value is -2.75. The predicted octanol–water partition coefficient (Wildman–Crippen LogP) is 3.42. The molecule has 0 atom stereocenters. The van der Waals surface area contributed by atoms with Crippen molar-refractivity contribution in [2.75, 3.05) is 21.3 Å². The third-order valence-corrected chi connectivity index (χ3v) is 3.19. The van der Waals surface area contributed by atoms with E-state index >= 15 is 0 Å². The van der Waals surface area contributed by atoms with Gasteiger partial charge in [0.1, 0.15) is 11.5 Å². The van der Waals surface area contributed by atoms with Gasteiger partial charge in [0.2, 0.25) is 0 Å². The van der Waals surface area contributed by atoms with Crippen LogP contribution in [0.2, 0.25) is 0 Å². The van der Waals surface area contributed by atoms with Gasteiger partial charge in [0, 0.05) is 0 Å². The number of esters is 1. The van der Waals surface area contributed by atoms with Crippen LogP contribution in [-0.4, -0.2) is 27.3 Å². The van der Waals surface area contributed by atoms with E-state index in [1.165, 1.54) is 7.11 Å². The normalized spacial score (nSPS) is 11.0. The summed E-state index contributed by atoms with van der Waals surface area (Å²) in [4.78, 5) is 12.1. The summed E-state index contributed by atoms with van der Waals surface area (Å²) in [7, 11) is 4.55. The van der Waals surface area contributed by atoms with Crippen molar-refractivity contribution in [2.24, 2.45) is 0 Å². The number of benzene rings is 2. The zero-order valence-corrected chi connectivity index (χ0v) is 12.8. The van der Waals surface area contributed by atoms with Crippen LogP contribution >= 0.6 is 0 Å². The molecular weight excluding hydrogens is 280 g/mol. The molecule has 2 aromatic rings. The zero-order chi connectivity index (χ0) is 15.9. The summed E-state index contributed by atoms with van der Waals surface area (Å²) in [6, 6.07) is 14.7. The summed E-state index contributed by atoms with van der Waals surface area (Å²) in [5.41, 5.74) is 2.03. The first-order chi connectivity index (χ1) is 10.7. The molecule has 2 aromatic carbocycles. The topological polar surface area (TPSA) is 44.8 Å². The Morgan fingerprint density at radius 2 is 1.55 bits per heavy atom. The first kappa shape index (κ1) is 15.6. The average molecular weight is 298 g/mol. The molecule has 0 spiro atoms. The molecule has 0 aliphatic carbocycles. The van der Waals surface area contributed by atoms with Gasteiger partial charge in [-0.2, -0.15) is 0 Å². The van der Waals surface area contributed by atoms with Crippen molar-refractivity contribution >= 4 is 17.6 Å². The van der Waals surface area contributed by atoms with Crippen LogP contribution in [0.25, 0.3) is 11.6 Å². The van der Waals surface area contributed by atoms with Crippen LogP contribution in [-0.2, 0) is 9.53 Å². The summed E-state index contributed by atoms with van der Waals surface area (Å²) in [5.74, 6) is 0.998. The van der Waals surface area contributed by atoms with Gasteiger partial charge in [-0.1, -0.05) is 24.3 Å². The van der Waals surface area contributed by atoms with E-state index in [1.54, 1.807) is 26.4 Å². The van der Waals surface area contributed by atoms with E-state index in [4.69, 9.17) is 14.2 Å². The van der Waals surface area contributed by atoms with E-state index in [1.807, 2.05) is 42.5 Å². The minimum atomic E-state index is -0.406. The maximum atomic E-state index is 12.1. The monoisotopic (exact) mass is 298 g/mol. The maximum absolute atomic E-state index is 12.1. The lowest BCUT2D eigenvalue weighted by atomic mass is 10.0. The molecule has 0 saturated carbocycles. The van der Waals surface area contributed by atoms with Crippen molar-refractivity contribution in [1.29, 1.82) is 0 Å². The molecular formula is C18H18O4. The molecule has 22 heavy (non-hydrogen) atoms. The van der Waals surface area contributed by atoms with Gasteiger partial charge in [-0.25, -0.2) is 4.79 Å². The van der Waals surface area contributed by atoms with E-state index in [0.29, 0.717) is 11.3 Å². The minimum Gasteiger partial charge on any atom is -0.497 e. The van der Waals surface area contributed by atoms with Gasteiger partial charge in [0.15, 0.2) is 0 Å². The van der Waals surface area contributed by atoms with Crippen LogP contribution < -0.4 is 9.47 Å². The largest absolute Gasteiger partial charge is 0.497 e. The van der Waals surface area contributed by atoms with Gasteiger partial charge in [-0.05, 0) is 41.5 Å². The number of methoxy groups -OCH3 is 3. The van der Waals surface area contributed by atoms with Crippen molar-refractivity contribution in [1.82, 2.24) is 0 Å². The highest BCUT2D eigenvalue weighted by molar-refractivity contribution is 6.21. The third-order valence-electron chi connectivity index (χ3n) is 3.19. The second-order valence-corrected chi connectivity index (χ2v) is 4.56. The lowest BCUT2D eigenvalue weighted by Crippen LogP contribution is -2.04. The molecule has 0 aliphatic heterocycles. The van der Waals surface area contributed by atoms with Gasteiger partial charge < -0.3 is 14.2 Å². The molecule has 0 radical (unpaired) electrons. The number of hydrogen-bond donors (Lipinski definition) is 0. The summed E-state index contributed by atoms with van der Waals surface area (Å²) >= 11 is 0. The molecule has 0 aromatic heterocycles. The second-order valence-electron chi connectivity index (χ2n) is 4.56. The molecule has 0 N–H and O–H groups in total. The van der Waals surface area contributed by atoms with Crippen LogP contribution in [0.4, 0.5) is 0 Å². The molecule has 0 amide bonds. The summed E-state index contributed by atoms with van der Waals surface area (Å²) in [6.07, 6.45) is 1.77. The SMILES string of the molecule is COC(=O)/C(=C/c1cccc(OC)c1)c1cccc(OC)c1. The van der Waals surface area contributed by atoms with Crippen LogP contribution in [0, 0.1) is 0 Å². The zero-order valence-electron chi connectivity index (χ0n) is 12.8. The standard InChI is InChI=1S/C18H18O4/c1-20-15-8-4-6-13(10-15)11-17(18(19)22-3)14-7-5-9-16(12-14)21-2/h4-12H,1-3H3/b17-11+. The van der Waals surface area contributed by atoms with Crippen LogP contribution in [0.1, 0.15) is 11.1 Å². The maximum Gasteiger partial charge on any atom is 0.338 e. The van der Waals surface area contributed by atoms with Crippen molar-refractivity contribution < 1.29 is 19.0 Å². The lowest BCUT2D eigenvalue weighted by molar-refractivity contribution is -0.133. The van der Waals surface area contributed by atoms with Crippen LogP contribution in [0.15, 0.2) is 48.5 Å². The van der Waals surface area contributed by atoms with Gasteiger partial charge >= 0.3 is 5.97 Å². The Morgan fingerprint density at radius 3 is 2.18 bits per heavy atom. The fourth-order valence-electron chi connectivity index (χ4n) is 2.06. The van der Waals surface area contributed by atoms with E-state index < -0.39 is 5.97 Å². The Labute approximate surface area is 129 Å². The molecule has 0 saturated heterocycles. The molecule has 2 rings (SSSR count). The Balaban J connectivity index is 2.49. The fraction of sp³-hybridized carbons (Fsp3) is 0.167.